The summed E-state index contributed by atoms with van der Waals surface area (Å²) in [6, 6.07) is 7.05. The summed E-state index contributed by atoms with van der Waals surface area (Å²) in [4.78, 5) is 21.4. The second-order valence-electron chi connectivity index (χ2n) is 8.81. The Labute approximate surface area is 197 Å². The van der Waals surface area contributed by atoms with Gasteiger partial charge in [0.05, 0.1) is 0 Å². The summed E-state index contributed by atoms with van der Waals surface area (Å²) in [5.41, 5.74) is 4.09. The number of aliphatic imine (C=N–C) groups is 1. The minimum absolute atomic E-state index is 0. The Morgan fingerprint density at radius 1 is 1.17 bits per heavy atom. The molecule has 0 spiro atoms. The van der Waals surface area contributed by atoms with Crippen molar-refractivity contribution in [3.8, 4) is 0 Å². The van der Waals surface area contributed by atoms with Gasteiger partial charge in [-0.25, -0.2) is 0 Å². The van der Waals surface area contributed by atoms with Crippen LogP contribution in [0, 0.1) is 5.92 Å². The second kappa shape index (κ2) is 10.7. The van der Waals surface area contributed by atoms with E-state index in [0.29, 0.717) is 5.91 Å². The standard InChI is InChI=1S/C23H35N5O.HI/c1-24-23(25-15-17-9-10-21-19(14-17)8-5-12-27(21)2)26-20-11-13-28(16-20)22(29)18-6-3-4-7-18;/h9-10,14,18,20H,3-8,11-13,15-16H2,1-2H3,(H2,24,25,26);1H. The average Bonchev–Trinajstić information content (AvgIpc) is 3.43. The van der Waals surface area contributed by atoms with Gasteiger partial charge in [-0.1, -0.05) is 25.0 Å². The van der Waals surface area contributed by atoms with Crippen LogP contribution in [-0.4, -0.2) is 56.5 Å². The van der Waals surface area contributed by atoms with Crippen LogP contribution >= 0.6 is 24.0 Å². The third-order valence-corrected chi connectivity index (χ3v) is 6.72. The van der Waals surface area contributed by atoms with Crippen LogP contribution in [0.1, 0.15) is 49.7 Å². The Balaban J connectivity index is 0.00000256. The molecule has 1 saturated carbocycles. The van der Waals surface area contributed by atoms with Crippen LogP contribution in [0.5, 0.6) is 0 Å². The molecule has 1 atom stereocenters. The molecule has 0 bridgehead atoms. The van der Waals surface area contributed by atoms with E-state index in [2.05, 4.69) is 50.7 Å². The van der Waals surface area contributed by atoms with Gasteiger partial charge < -0.3 is 20.4 Å². The molecular formula is C23H36IN5O. The van der Waals surface area contributed by atoms with E-state index in [0.717, 1.165) is 57.8 Å². The van der Waals surface area contributed by atoms with E-state index < -0.39 is 0 Å². The van der Waals surface area contributed by atoms with Gasteiger partial charge in [-0.05, 0) is 49.3 Å². The van der Waals surface area contributed by atoms with Crippen molar-refractivity contribution in [2.45, 2.75) is 57.5 Å². The van der Waals surface area contributed by atoms with Gasteiger partial charge in [0, 0.05) is 57.9 Å². The molecule has 2 heterocycles. The van der Waals surface area contributed by atoms with Gasteiger partial charge in [0.15, 0.2) is 5.96 Å². The second-order valence-corrected chi connectivity index (χ2v) is 8.81. The number of carbonyl (C=O) groups is 1. The van der Waals surface area contributed by atoms with Gasteiger partial charge in [0.25, 0.3) is 0 Å². The fourth-order valence-corrected chi connectivity index (χ4v) is 5.03. The van der Waals surface area contributed by atoms with Gasteiger partial charge in [-0.2, -0.15) is 0 Å². The Bertz CT molecular complexity index is 762. The van der Waals surface area contributed by atoms with E-state index in [4.69, 9.17) is 0 Å². The molecule has 2 N–H and O–H groups in total. The number of hydrogen-bond acceptors (Lipinski definition) is 3. The first-order valence-corrected chi connectivity index (χ1v) is 11.2. The summed E-state index contributed by atoms with van der Waals surface area (Å²) < 4.78 is 0. The van der Waals surface area contributed by atoms with Crippen molar-refractivity contribution in [2.24, 2.45) is 10.9 Å². The lowest BCUT2D eigenvalue weighted by Gasteiger charge is -2.28. The number of amides is 1. The molecule has 6 nitrogen and oxygen atoms in total. The monoisotopic (exact) mass is 525 g/mol. The largest absolute Gasteiger partial charge is 0.374 e. The van der Waals surface area contributed by atoms with Gasteiger partial charge in [0.1, 0.15) is 0 Å². The number of halogens is 1. The number of anilines is 1. The highest BCUT2D eigenvalue weighted by Crippen LogP contribution is 2.28. The number of benzene rings is 1. The lowest BCUT2D eigenvalue weighted by atomic mass is 9.99. The maximum Gasteiger partial charge on any atom is 0.225 e. The lowest BCUT2D eigenvalue weighted by molar-refractivity contribution is -0.134. The third kappa shape index (κ3) is 5.39. The molecule has 0 radical (unpaired) electrons. The van der Waals surface area contributed by atoms with E-state index in [-0.39, 0.29) is 35.9 Å². The summed E-state index contributed by atoms with van der Waals surface area (Å²) in [6.45, 7) is 3.56. The number of nitrogens with one attached hydrogen (secondary N) is 2. The summed E-state index contributed by atoms with van der Waals surface area (Å²) in [5, 5.41) is 6.97. The highest BCUT2D eigenvalue weighted by Gasteiger charge is 2.32. The molecule has 7 heteroatoms. The van der Waals surface area contributed by atoms with Gasteiger partial charge in [-0.3, -0.25) is 9.79 Å². The van der Waals surface area contributed by atoms with Crippen molar-refractivity contribution in [1.29, 1.82) is 0 Å². The topological polar surface area (TPSA) is 60.0 Å². The van der Waals surface area contributed by atoms with Crippen molar-refractivity contribution in [2.75, 3.05) is 38.6 Å². The molecule has 1 aromatic rings. The predicted molar refractivity (Wildman–Crippen MR) is 134 cm³/mol. The normalized spacial score (nSPS) is 21.9. The first-order valence-electron chi connectivity index (χ1n) is 11.2. The van der Waals surface area contributed by atoms with E-state index in [1.54, 1.807) is 0 Å². The number of fused-ring (bicyclic) bond motifs is 1. The van der Waals surface area contributed by atoms with Crippen LogP contribution < -0.4 is 15.5 Å². The number of nitrogens with zero attached hydrogens (tertiary/aromatic N) is 3. The average molecular weight is 525 g/mol. The molecule has 2 aliphatic heterocycles. The van der Waals surface area contributed by atoms with Gasteiger partial charge in [0.2, 0.25) is 5.91 Å². The van der Waals surface area contributed by atoms with Crippen LogP contribution in [0.3, 0.4) is 0 Å². The van der Waals surface area contributed by atoms with Crippen LogP contribution in [0.25, 0.3) is 0 Å². The van der Waals surface area contributed by atoms with E-state index in [9.17, 15) is 4.79 Å². The maximum absolute atomic E-state index is 12.6. The zero-order valence-corrected chi connectivity index (χ0v) is 20.7. The number of guanidine groups is 1. The molecule has 30 heavy (non-hydrogen) atoms. The van der Waals surface area contributed by atoms with E-state index in [1.807, 2.05) is 7.05 Å². The number of carbonyl (C=O) groups excluding carboxylic acids is 1. The van der Waals surface area contributed by atoms with Crippen LogP contribution in [-0.2, 0) is 17.8 Å². The van der Waals surface area contributed by atoms with Crippen molar-refractivity contribution >= 4 is 41.5 Å². The number of likely N-dealkylation sites (tertiary alicyclic amines) is 1. The van der Waals surface area contributed by atoms with E-state index in [1.165, 1.54) is 36.1 Å². The minimum Gasteiger partial charge on any atom is -0.374 e. The zero-order chi connectivity index (χ0) is 20.2. The molecule has 1 aliphatic carbocycles. The molecule has 0 aromatic heterocycles. The Hall–Kier alpha value is -1.51. The Morgan fingerprint density at radius 2 is 1.97 bits per heavy atom. The Morgan fingerprint density at radius 3 is 2.73 bits per heavy atom. The van der Waals surface area contributed by atoms with Crippen molar-refractivity contribution < 1.29 is 4.79 Å². The first-order chi connectivity index (χ1) is 14.1. The van der Waals surface area contributed by atoms with Gasteiger partial charge in [-0.15, -0.1) is 24.0 Å². The number of aryl methyl sites for hydroxylation is 1. The fourth-order valence-electron chi connectivity index (χ4n) is 5.03. The SMILES string of the molecule is CN=C(NCc1ccc2c(c1)CCCN2C)NC1CCN(C(=O)C2CCCC2)C1.I. The summed E-state index contributed by atoms with van der Waals surface area (Å²) in [6.07, 6.45) is 7.95. The molecule has 1 amide bonds. The van der Waals surface area contributed by atoms with Crippen LogP contribution in [0.15, 0.2) is 23.2 Å². The van der Waals surface area contributed by atoms with Gasteiger partial charge >= 0.3 is 0 Å². The van der Waals surface area contributed by atoms with Crippen LogP contribution in [0.4, 0.5) is 5.69 Å². The summed E-state index contributed by atoms with van der Waals surface area (Å²) >= 11 is 0. The van der Waals surface area contributed by atoms with Crippen LogP contribution in [0.2, 0.25) is 0 Å². The highest BCUT2D eigenvalue weighted by atomic mass is 127. The molecule has 1 unspecified atom stereocenters. The van der Waals surface area contributed by atoms with Crippen molar-refractivity contribution in [3.63, 3.8) is 0 Å². The smallest absolute Gasteiger partial charge is 0.225 e. The molecule has 1 saturated heterocycles. The quantitative estimate of drug-likeness (QED) is 0.361. The number of rotatable bonds is 4. The molecule has 1 aromatic carbocycles. The zero-order valence-electron chi connectivity index (χ0n) is 18.3. The molecular weight excluding hydrogens is 489 g/mol. The Kier molecular flexibility index (Phi) is 8.25. The summed E-state index contributed by atoms with van der Waals surface area (Å²) in [7, 11) is 3.98. The predicted octanol–water partition coefficient (Wildman–Crippen LogP) is 3.14. The lowest BCUT2D eigenvalue weighted by Crippen LogP contribution is -2.45. The van der Waals surface area contributed by atoms with E-state index >= 15 is 0 Å². The highest BCUT2D eigenvalue weighted by molar-refractivity contribution is 14.0. The van der Waals surface area contributed by atoms with Crippen molar-refractivity contribution in [3.05, 3.63) is 29.3 Å². The molecule has 4 rings (SSSR count). The maximum atomic E-state index is 12.6. The minimum atomic E-state index is 0. The molecule has 166 valence electrons. The first kappa shape index (κ1) is 23.2. The third-order valence-electron chi connectivity index (χ3n) is 6.72. The molecule has 3 aliphatic rings. The van der Waals surface area contributed by atoms with Crippen molar-refractivity contribution in [1.82, 2.24) is 15.5 Å². The molecule has 2 fully saturated rings. The summed E-state index contributed by atoms with van der Waals surface area (Å²) in [5.74, 6) is 1.46. The number of hydrogen-bond donors (Lipinski definition) is 2. The fraction of sp³-hybridized carbons (Fsp3) is 0.652.